The molecule has 110 valence electrons. The number of nitrogens with zero attached hydrogens (tertiary/aromatic N) is 1. The highest BCUT2D eigenvalue weighted by molar-refractivity contribution is 6.28. The zero-order valence-corrected chi connectivity index (χ0v) is 12.1. The lowest BCUT2D eigenvalue weighted by molar-refractivity contribution is 0.411. The zero-order valence-electron chi connectivity index (χ0n) is 11.3. The van der Waals surface area contributed by atoms with E-state index in [4.69, 9.17) is 26.8 Å². The van der Waals surface area contributed by atoms with E-state index in [1.807, 2.05) is 0 Å². The molecular formula is C15H14ClFN2O2. The van der Waals surface area contributed by atoms with Gasteiger partial charge in [0.25, 0.3) is 0 Å². The lowest BCUT2D eigenvalue weighted by Crippen LogP contribution is -2.12. The number of benzene rings is 2. The molecule has 0 saturated carbocycles. The predicted molar refractivity (Wildman–Crippen MR) is 81.5 cm³/mol. The second kappa shape index (κ2) is 6.95. The molecule has 6 heteroatoms. The van der Waals surface area contributed by atoms with E-state index in [0.717, 1.165) is 0 Å². The molecule has 0 radical (unpaired) electrons. The van der Waals surface area contributed by atoms with E-state index in [2.05, 4.69) is 4.99 Å². The van der Waals surface area contributed by atoms with Crippen LogP contribution in [0.15, 0.2) is 47.5 Å². The minimum absolute atomic E-state index is 0.0890. The van der Waals surface area contributed by atoms with E-state index in [-0.39, 0.29) is 17.5 Å². The van der Waals surface area contributed by atoms with Crippen LogP contribution in [0.3, 0.4) is 0 Å². The molecule has 4 nitrogen and oxygen atoms in total. The molecule has 0 atom stereocenters. The summed E-state index contributed by atoms with van der Waals surface area (Å²) in [4.78, 5) is 3.96. The quantitative estimate of drug-likeness (QED) is 0.518. The first-order valence-electron chi connectivity index (χ1n) is 6.13. The Bertz CT molecular complexity index is 645. The van der Waals surface area contributed by atoms with Crippen LogP contribution >= 0.6 is 11.6 Å². The van der Waals surface area contributed by atoms with Crippen LogP contribution in [0.4, 0.5) is 10.1 Å². The summed E-state index contributed by atoms with van der Waals surface area (Å²) in [5.41, 5.74) is 5.88. The van der Waals surface area contributed by atoms with Gasteiger partial charge in [0.1, 0.15) is 17.3 Å². The highest BCUT2D eigenvalue weighted by Crippen LogP contribution is 2.28. The van der Waals surface area contributed by atoms with Crippen LogP contribution in [0.25, 0.3) is 0 Å². The van der Waals surface area contributed by atoms with Gasteiger partial charge in [0.2, 0.25) is 0 Å². The van der Waals surface area contributed by atoms with E-state index < -0.39 is 5.82 Å². The first kappa shape index (κ1) is 15.1. The number of hydrogen-bond donors (Lipinski definition) is 1. The van der Waals surface area contributed by atoms with Gasteiger partial charge in [-0.1, -0.05) is 0 Å². The number of halogens is 2. The number of ether oxygens (including phenoxy) is 2. The summed E-state index contributed by atoms with van der Waals surface area (Å²) in [5.74, 6) is 1.08. The largest absolute Gasteiger partial charge is 0.497 e. The van der Waals surface area contributed by atoms with Crippen LogP contribution in [-0.4, -0.2) is 18.8 Å². The Kier molecular flexibility index (Phi) is 5.00. The van der Waals surface area contributed by atoms with Gasteiger partial charge < -0.3 is 15.2 Å². The minimum Gasteiger partial charge on any atom is -0.497 e. The number of methoxy groups -OCH3 is 1. The van der Waals surface area contributed by atoms with Gasteiger partial charge >= 0.3 is 0 Å². The van der Waals surface area contributed by atoms with Crippen LogP contribution in [0.1, 0.15) is 0 Å². The maximum absolute atomic E-state index is 13.9. The number of hydrogen-bond acceptors (Lipinski definition) is 3. The van der Waals surface area contributed by atoms with Crippen molar-refractivity contribution in [3.05, 3.63) is 48.3 Å². The zero-order chi connectivity index (χ0) is 15.2. The Morgan fingerprint density at radius 1 is 1.19 bits per heavy atom. The highest BCUT2D eigenvalue weighted by atomic mass is 35.5. The molecule has 0 aliphatic rings. The van der Waals surface area contributed by atoms with Crippen molar-refractivity contribution in [3.8, 4) is 17.2 Å². The van der Waals surface area contributed by atoms with Crippen LogP contribution in [-0.2, 0) is 0 Å². The SMILES string of the molecule is COc1ccc(Oc2ccc(N=C(N)CCl)cc2F)cc1. The normalized spacial score (nSPS) is 11.3. The molecule has 0 aliphatic carbocycles. The van der Waals surface area contributed by atoms with Gasteiger partial charge in [-0.2, -0.15) is 0 Å². The maximum Gasteiger partial charge on any atom is 0.167 e. The van der Waals surface area contributed by atoms with E-state index in [0.29, 0.717) is 17.2 Å². The monoisotopic (exact) mass is 308 g/mol. The van der Waals surface area contributed by atoms with Crippen molar-refractivity contribution in [1.82, 2.24) is 0 Å². The fraction of sp³-hybridized carbons (Fsp3) is 0.133. The van der Waals surface area contributed by atoms with E-state index >= 15 is 0 Å². The number of nitrogens with two attached hydrogens (primary N) is 1. The second-order valence-electron chi connectivity index (χ2n) is 4.13. The Morgan fingerprint density at radius 2 is 1.86 bits per heavy atom. The first-order valence-corrected chi connectivity index (χ1v) is 6.66. The lowest BCUT2D eigenvalue weighted by atomic mass is 10.3. The van der Waals surface area contributed by atoms with Crippen LogP contribution < -0.4 is 15.2 Å². The molecule has 0 saturated heterocycles. The molecule has 0 spiro atoms. The third-order valence-corrected chi connectivity index (χ3v) is 2.89. The topological polar surface area (TPSA) is 56.8 Å². The Labute approximate surface area is 127 Å². The van der Waals surface area contributed by atoms with Crippen molar-refractivity contribution in [1.29, 1.82) is 0 Å². The van der Waals surface area contributed by atoms with Crippen LogP contribution in [0.5, 0.6) is 17.2 Å². The Balaban J connectivity index is 2.17. The molecule has 0 unspecified atom stereocenters. The van der Waals surface area contributed by atoms with Crippen molar-refractivity contribution in [2.75, 3.05) is 13.0 Å². The molecule has 0 bridgehead atoms. The van der Waals surface area contributed by atoms with E-state index in [1.54, 1.807) is 37.4 Å². The van der Waals surface area contributed by atoms with Crippen molar-refractivity contribution >= 4 is 23.1 Å². The fourth-order valence-corrected chi connectivity index (χ4v) is 1.67. The smallest absolute Gasteiger partial charge is 0.167 e. The molecule has 2 aromatic rings. The molecule has 0 aliphatic heterocycles. The Morgan fingerprint density at radius 3 is 2.43 bits per heavy atom. The van der Waals surface area contributed by atoms with Crippen molar-refractivity contribution < 1.29 is 13.9 Å². The van der Waals surface area contributed by atoms with Gasteiger partial charge in [-0.3, -0.25) is 0 Å². The molecule has 0 fully saturated rings. The summed E-state index contributed by atoms with van der Waals surface area (Å²) in [6, 6.07) is 11.2. The summed E-state index contributed by atoms with van der Waals surface area (Å²) >= 11 is 5.52. The fourth-order valence-electron chi connectivity index (χ4n) is 1.61. The average Bonchev–Trinajstić information content (AvgIpc) is 2.50. The number of amidine groups is 1. The summed E-state index contributed by atoms with van der Waals surface area (Å²) < 4.78 is 24.4. The number of alkyl halides is 1. The lowest BCUT2D eigenvalue weighted by Gasteiger charge is -2.08. The molecule has 2 rings (SSSR count). The second-order valence-corrected chi connectivity index (χ2v) is 4.40. The van der Waals surface area contributed by atoms with Gasteiger partial charge in [-0.05, 0) is 36.4 Å². The van der Waals surface area contributed by atoms with Gasteiger partial charge in [0.15, 0.2) is 11.6 Å². The minimum atomic E-state index is -0.533. The van der Waals surface area contributed by atoms with Crippen LogP contribution in [0.2, 0.25) is 0 Å². The van der Waals surface area contributed by atoms with Gasteiger partial charge in [0, 0.05) is 6.07 Å². The standard InChI is InChI=1S/C15H14ClFN2O2/c1-20-11-3-5-12(6-4-11)21-14-7-2-10(8-13(14)17)19-15(18)9-16/h2-8H,9H2,1H3,(H2,18,19). The van der Waals surface area contributed by atoms with E-state index in [9.17, 15) is 4.39 Å². The summed E-state index contributed by atoms with van der Waals surface area (Å²) in [5, 5.41) is 0. The average molecular weight is 309 g/mol. The predicted octanol–water partition coefficient (Wildman–Crippen LogP) is 3.85. The van der Waals surface area contributed by atoms with Crippen molar-refractivity contribution in [2.24, 2.45) is 10.7 Å². The van der Waals surface area contributed by atoms with Crippen molar-refractivity contribution in [2.45, 2.75) is 0 Å². The number of rotatable bonds is 5. The Hall–Kier alpha value is -2.27. The molecule has 21 heavy (non-hydrogen) atoms. The molecule has 0 heterocycles. The van der Waals surface area contributed by atoms with Gasteiger partial charge in [-0.25, -0.2) is 9.38 Å². The van der Waals surface area contributed by atoms with Crippen LogP contribution in [0, 0.1) is 5.82 Å². The third kappa shape index (κ3) is 4.10. The molecule has 2 N–H and O–H groups in total. The summed E-state index contributed by atoms with van der Waals surface area (Å²) in [7, 11) is 1.57. The molecule has 0 amide bonds. The third-order valence-electron chi connectivity index (χ3n) is 2.61. The highest BCUT2D eigenvalue weighted by Gasteiger charge is 2.06. The first-order chi connectivity index (χ1) is 10.1. The molecule has 2 aromatic carbocycles. The van der Waals surface area contributed by atoms with Gasteiger partial charge in [-0.15, -0.1) is 11.6 Å². The molecular weight excluding hydrogens is 295 g/mol. The summed E-state index contributed by atoms with van der Waals surface area (Å²) in [6.07, 6.45) is 0. The van der Waals surface area contributed by atoms with E-state index in [1.165, 1.54) is 12.1 Å². The molecule has 0 aromatic heterocycles. The maximum atomic E-state index is 13.9. The number of aliphatic imine (C=N–C) groups is 1. The van der Waals surface area contributed by atoms with Gasteiger partial charge in [0.05, 0.1) is 18.7 Å². The summed E-state index contributed by atoms with van der Waals surface area (Å²) in [6.45, 7) is 0. The van der Waals surface area contributed by atoms with Crippen molar-refractivity contribution in [3.63, 3.8) is 0 Å².